The summed E-state index contributed by atoms with van der Waals surface area (Å²) in [5.74, 6) is -0.0684. The summed E-state index contributed by atoms with van der Waals surface area (Å²) in [6.45, 7) is 7.49. The Hall–Kier alpha value is -3.63. The molecule has 0 fully saturated rings. The van der Waals surface area contributed by atoms with Gasteiger partial charge in [-0.3, -0.25) is 14.8 Å². The number of phenols is 1. The fourth-order valence-electron chi connectivity index (χ4n) is 3.11. The number of H-pyrrole nitrogens is 1. The number of hydrogen-bond donors (Lipinski definition) is 3. The van der Waals surface area contributed by atoms with Crippen molar-refractivity contribution in [1.29, 1.82) is 0 Å². The minimum atomic E-state index is -4.01. The second kappa shape index (κ2) is 8.25. The number of fused-ring (bicyclic) bond motifs is 1. The molecule has 0 atom stereocenters. The molecule has 0 bridgehead atoms. The molecule has 156 valence electrons. The first-order chi connectivity index (χ1) is 14.9. The minimum Gasteiger partial charge on any atom is -0.506 e. The summed E-state index contributed by atoms with van der Waals surface area (Å²) in [6.07, 6.45) is 5.77. The molecule has 4 aromatic rings. The Balaban J connectivity index is 1.84. The quantitative estimate of drug-likeness (QED) is 0.358. The van der Waals surface area contributed by atoms with E-state index >= 15 is 0 Å². The molecule has 0 aliphatic rings. The average molecular weight is 452 g/mol. The number of nitrogens with one attached hydrogen (secondary N) is 2. The van der Waals surface area contributed by atoms with E-state index in [2.05, 4.69) is 38.0 Å². The predicted molar refractivity (Wildman–Crippen MR) is 121 cm³/mol. The third-order valence-corrected chi connectivity index (χ3v) is 6.80. The van der Waals surface area contributed by atoms with Crippen molar-refractivity contribution < 1.29 is 13.5 Å². The lowest BCUT2D eigenvalue weighted by molar-refractivity contribution is 0.461. The van der Waals surface area contributed by atoms with Crippen LogP contribution in [0.15, 0.2) is 77.0 Å². The number of pyridine rings is 1. The van der Waals surface area contributed by atoms with E-state index in [1.807, 2.05) is 0 Å². The van der Waals surface area contributed by atoms with Crippen LogP contribution in [-0.2, 0) is 10.0 Å². The molecule has 31 heavy (non-hydrogen) atoms. The van der Waals surface area contributed by atoms with Crippen LogP contribution in [0.1, 0.15) is 11.1 Å². The van der Waals surface area contributed by atoms with Crippen LogP contribution >= 0.6 is 11.8 Å². The van der Waals surface area contributed by atoms with E-state index in [-0.39, 0.29) is 16.3 Å². The third kappa shape index (κ3) is 3.90. The number of sulfonamides is 1. The number of aromatic amines is 1. The first kappa shape index (κ1) is 20.6. The van der Waals surface area contributed by atoms with Crippen molar-refractivity contribution in [3.8, 4) is 5.75 Å². The Kier molecular flexibility index (Phi) is 5.49. The Morgan fingerprint density at radius 1 is 1.10 bits per heavy atom. The summed E-state index contributed by atoms with van der Waals surface area (Å²) in [4.78, 5) is 8.66. The van der Waals surface area contributed by atoms with Gasteiger partial charge in [0.05, 0.1) is 16.1 Å². The number of rotatable bonds is 7. The number of aromatic hydroxyl groups is 1. The molecule has 8 nitrogen and oxygen atoms in total. The van der Waals surface area contributed by atoms with Crippen molar-refractivity contribution in [3.05, 3.63) is 73.2 Å². The highest BCUT2D eigenvalue weighted by atomic mass is 32.2. The van der Waals surface area contributed by atoms with Crippen molar-refractivity contribution >= 4 is 50.5 Å². The molecule has 2 aromatic heterocycles. The van der Waals surface area contributed by atoms with Gasteiger partial charge in [0, 0.05) is 22.7 Å². The lowest BCUT2D eigenvalue weighted by atomic mass is 10.0. The van der Waals surface area contributed by atoms with Crippen molar-refractivity contribution in [2.24, 2.45) is 0 Å². The molecular weight excluding hydrogens is 434 g/mol. The lowest BCUT2D eigenvalue weighted by Crippen LogP contribution is -2.15. The maximum absolute atomic E-state index is 13.3. The average Bonchev–Trinajstić information content (AvgIpc) is 3.28. The van der Waals surface area contributed by atoms with Crippen LogP contribution in [-0.4, -0.2) is 33.7 Å². The fourth-order valence-corrected chi connectivity index (χ4v) is 5.15. The van der Waals surface area contributed by atoms with E-state index in [1.54, 1.807) is 30.5 Å². The number of nitrogens with zero attached hydrogens (tertiary/aromatic N) is 3. The van der Waals surface area contributed by atoms with Gasteiger partial charge in [0.15, 0.2) is 5.16 Å². The Morgan fingerprint density at radius 3 is 2.58 bits per heavy atom. The molecule has 0 aliphatic heterocycles. The Labute approximate surface area is 182 Å². The molecule has 0 aliphatic carbocycles. The molecule has 0 amide bonds. The van der Waals surface area contributed by atoms with Crippen LogP contribution in [0.5, 0.6) is 5.75 Å². The number of aromatic nitrogens is 4. The van der Waals surface area contributed by atoms with Gasteiger partial charge in [-0.1, -0.05) is 43.5 Å². The standard InChI is InChI=1S/C21H17N5O3S2/c1-3-14-15(4-2)20(27)17(30-21-23-12-24-25-21)11-16(14)26-31(28,29)18-9-5-7-13-8-6-10-22-19(13)18/h3-12,26-27H,1-2H2,(H,23,24,25). The number of phenolic OH excluding ortho intramolecular Hbond substituents is 1. The minimum absolute atomic E-state index is 0.0401. The molecule has 4 rings (SSSR count). The molecule has 10 heteroatoms. The lowest BCUT2D eigenvalue weighted by Gasteiger charge is -2.17. The smallest absolute Gasteiger partial charge is 0.264 e. The van der Waals surface area contributed by atoms with E-state index in [0.717, 1.165) is 11.8 Å². The van der Waals surface area contributed by atoms with E-state index in [9.17, 15) is 13.5 Å². The van der Waals surface area contributed by atoms with E-state index in [0.29, 0.717) is 32.1 Å². The normalized spacial score (nSPS) is 11.4. The summed E-state index contributed by atoms with van der Waals surface area (Å²) in [7, 11) is -4.01. The zero-order valence-electron chi connectivity index (χ0n) is 16.1. The summed E-state index contributed by atoms with van der Waals surface area (Å²) >= 11 is 1.10. The van der Waals surface area contributed by atoms with Gasteiger partial charge in [-0.25, -0.2) is 13.4 Å². The van der Waals surface area contributed by atoms with E-state index in [4.69, 9.17) is 0 Å². The molecule has 2 aromatic carbocycles. The molecule has 3 N–H and O–H groups in total. The van der Waals surface area contributed by atoms with Gasteiger partial charge in [-0.05, 0) is 30.0 Å². The maximum atomic E-state index is 13.3. The monoisotopic (exact) mass is 451 g/mol. The van der Waals surface area contributed by atoms with Gasteiger partial charge >= 0.3 is 0 Å². The number of para-hydroxylation sites is 1. The molecule has 0 saturated heterocycles. The highest BCUT2D eigenvalue weighted by Crippen LogP contribution is 2.42. The van der Waals surface area contributed by atoms with Crippen LogP contribution in [0.2, 0.25) is 0 Å². The van der Waals surface area contributed by atoms with Gasteiger partial charge in [0.2, 0.25) is 0 Å². The van der Waals surface area contributed by atoms with Crippen LogP contribution in [0, 0.1) is 0 Å². The summed E-state index contributed by atoms with van der Waals surface area (Å²) < 4.78 is 29.2. The number of benzene rings is 2. The van der Waals surface area contributed by atoms with Gasteiger partial charge in [0.1, 0.15) is 17.0 Å². The van der Waals surface area contributed by atoms with Crippen LogP contribution in [0.3, 0.4) is 0 Å². The van der Waals surface area contributed by atoms with Crippen LogP contribution < -0.4 is 4.72 Å². The summed E-state index contributed by atoms with van der Waals surface area (Å²) in [6, 6.07) is 9.99. The van der Waals surface area contributed by atoms with Gasteiger partial charge in [0.25, 0.3) is 10.0 Å². The van der Waals surface area contributed by atoms with E-state index in [1.165, 1.54) is 30.6 Å². The SMILES string of the molecule is C=Cc1c(NS(=O)(=O)c2cccc3cccnc23)cc(Sc2ncn[nH]2)c(O)c1C=C. The molecule has 2 heterocycles. The molecule has 0 radical (unpaired) electrons. The zero-order valence-corrected chi connectivity index (χ0v) is 17.7. The maximum Gasteiger partial charge on any atom is 0.264 e. The van der Waals surface area contributed by atoms with Crippen molar-refractivity contribution in [3.63, 3.8) is 0 Å². The van der Waals surface area contributed by atoms with Crippen molar-refractivity contribution in [2.45, 2.75) is 14.9 Å². The van der Waals surface area contributed by atoms with Crippen molar-refractivity contribution in [1.82, 2.24) is 20.2 Å². The van der Waals surface area contributed by atoms with Gasteiger partial charge in [-0.15, -0.1) is 0 Å². The highest BCUT2D eigenvalue weighted by molar-refractivity contribution is 7.99. The fraction of sp³-hybridized carbons (Fsp3) is 0. The topological polar surface area (TPSA) is 121 Å². The number of hydrogen-bond acceptors (Lipinski definition) is 7. The van der Waals surface area contributed by atoms with Gasteiger partial charge < -0.3 is 5.11 Å². The molecule has 0 saturated carbocycles. The first-order valence-corrected chi connectivity index (χ1v) is 11.3. The second-order valence-electron chi connectivity index (χ2n) is 6.34. The second-order valence-corrected chi connectivity index (χ2v) is 9.02. The zero-order chi connectivity index (χ0) is 22.0. The molecule has 0 unspecified atom stereocenters. The van der Waals surface area contributed by atoms with E-state index < -0.39 is 10.0 Å². The Bertz CT molecular complexity index is 1400. The summed E-state index contributed by atoms with van der Waals surface area (Å²) in [5, 5.41) is 18.3. The van der Waals surface area contributed by atoms with Crippen molar-refractivity contribution in [2.75, 3.05) is 4.72 Å². The number of anilines is 1. The van der Waals surface area contributed by atoms with Gasteiger partial charge in [-0.2, -0.15) is 5.10 Å². The largest absolute Gasteiger partial charge is 0.506 e. The third-order valence-electron chi connectivity index (χ3n) is 4.48. The Morgan fingerprint density at radius 2 is 1.87 bits per heavy atom. The molecule has 0 spiro atoms. The summed E-state index contributed by atoms with van der Waals surface area (Å²) in [5.41, 5.74) is 1.33. The van der Waals surface area contributed by atoms with Crippen LogP contribution in [0.4, 0.5) is 5.69 Å². The first-order valence-electron chi connectivity index (χ1n) is 8.99. The predicted octanol–water partition coefficient (Wildman–Crippen LogP) is 4.30. The molecular formula is C21H17N5O3S2. The van der Waals surface area contributed by atoms with Crippen LogP contribution in [0.25, 0.3) is 23.1 Å². The highest BCUT2D eigenvalue weighted by Gasteiger charge is 2.23.